The lowest BCUT2D eigenvalue weighted by Gasteiger charge is -2.32. The van der Waals surface area contributed by atoms with E-state index in [4.69, 9.17) is 18.8 Å². The van der Waals surface area contributed by atoms with Gasteiger partial charge in [-0.25, -0.2) is 9.59 Å². The molecule has 9 heteroatoms. The summed E-state index contributed by atoms with van der Waals surface area (Å²) in [5.41, 5.74) is 0.963. The summed E-state index contributed by atoms with van der Waals surface area (Å²) in [7, 11) is -0.503. The SMILES string of the molecule is CC(C)(C)OC(=O)NCCc1cc(CCNC(=O)OC(C)(C)C)cc(B2OC(C)(C)C(C)(C)O2)c1. The lowest BCUT2D eigenvalue weighted by molar-refractivity contribution is 0.00578. The first-order valence-corrected chi connectivity index (χ1v) is 12.3. The molecule has 35 heavy (non-hydrogen) atoms. The van der Waals surface area contributed by atoms with E-state index in [1.807, 2.05) is 81.4 Å². The van der Waals surface area contributed by atoms with Crippen molar-refractivity contribution in [2.75, 3.05) is 13.1 Å². The van der Waals surface area contributed by atoms with Crippen molar-refractivity contribution in [2.45, 2.75) is 104 Å². The minimum atomic E-state index is -0.547. The summed E-state index contributed by atoms with van der Waals surface area (Å²) in [6, 6.07) is 6.16. The van der Waals surface area contributed by atoms with E-state index < -0.39 is 41.7 Å². The first-order valence-electron chi connectivity index (χ1n) is 12.3. The highest BCUT2D eigenvalue weighted by Crippen LogP contribution is 2.36. The number of nitrogens with one attached hydrogen (secondary N) is 2. The standard InChI is InChI=1S/C26H43BN2O6/c1-23(2,3)32-21(30)28-13-11-18-15-19(12-14-29-22(31)33-24(4,5)6)17-20(16-18)27-34-25(7,8)26(9,10)35-27/h15-17H,11-14H2,1-10H3,(H,28,30)(H,29,31). The molecule has 2 N–H and O–H groups in total. The number of benzene rings is 1. The van der Waals surface area contributed by atoms with E-state index in [9.17, 15) is 9.59 Å². The molecule has 2 amide bonds. The summed E-state index contributed by atoms with van der Waals surface area (Å²) in [6.45, 7) is 19.9. The maximum atomic E-state index is 12.0. The van der Waals surface area contributed by atoms with Crippen LogP contribution in [0.4, 0.5) is 9.59 Å². The molecule has 1 fully saturated rings. The number of carbonyl (C=O) groups excluding carboxylic acids is 2. The van der Waals surface area contributed by atoms with Crippen molar-refractivity contribution in [3.8, 4) is 0 Å². The van der Waals surface area contributed by atoms with Crippen LogP contribution in [0.15, 0.2) is 18.2 Å². The Kier molecular flexibility index (Phi) is 8.93. The molecular weight excluding hydrogens is 447 g/mol. The van der Waals surface area contributed by atoms with Crippen molar-refractivity contribution in [2.24, 2.45) is 0 Å². The molecule has 196 valence electrons. The smallest absolute Gasteiger partial charge is 0.444 e. The molecule has 0 aliphatic carbocycles. The van der Waals surface area contributed by atoms with Crippen molar-refractivity contribution >= 4 is 24.8 Å². The molecule has 0 atom stereocenters. The zero-order chi connectivity index (χ0) is 26.7. The van der Waals surface area contributed by atoms with Crippen molar-refractivity contribution in [1.82, 2.24) is 10.6 Å². The van der Waals surface area contributed by atoms with Gasteiger partial charge in [0.2, 0.25) is 0 Å². The van der Waals surface area contributed by atoms with Crippen LogP contribution in [-0.4, -0.2) is 54.8 Å². The van der Waals surface area contributed by atoms with Crippen LogP contribution in [0.2, 0.25) is 0 Å². The number of carbonyl (C=O) groups is 2. The fraction of sp³-hybridized carbons (Fsp3) is 0.692. The number of hydrogen-bond donors (Lipinski definition) is 2. The van der Waals surface area contributed by atoms with Crippen LogP contribution in [0.1, 0.15) is 80.4 Å². The third kappa shape index (κ3) is 9.37. The Hall–Kier alpha value is -2.26. The van der Waals surface area contributed by atoms with Gasteiger partial charge in [0.25, 0.3) is 0 Å². The highest BCUT2D eigenvalue weighted by Gasteiger charge is 2.51. The average Bonchev–Trinajstić information content (AvgIpc) is 2.86. The summed E-state index contributed by atoms with van der Waals surface area (Å²) < 4.78 is 23.1. The number of ether oxygens (including phenoxy) is 2. The number of alkyl carbamates (subject to hydrolysis) is 2. The maximum absolute atomic E-state index is 12.0. The van der Waals surface area contributed by atoms with Gasteiger partial charge >= 0.3 is 19.3 Å². The van der Waals surface area contributed by atoms with Crippen molar-refractivity contribution in [3.63, 3.8) is 0 Å². The average molecular weight is 490 g/mol. The highest BCUT2D eigenvalue weighted by atomic mass is 16.7. The molecule has 1 aromatic rings. The van der Waals surface area contributed by atoms with Crippen LogP contribution < -0.4 is 16.1 Å². The van der Waals surface area contributed by atoms with E-state index in [0.29, 0.717) is 25.9 Å². The topological polar surface area (TPSA) is 95.1 Å². The second-order valence-electron chi connectivity index (χ2n) is 12.0. The van der Waals surface area contributed by atoms with E-state index in [-0.39, 0.29) is 0 Å². The Balaban J connectivity index is 2.12. The van der Waals surface area contributed by atoms with E-state index in [0.717, 1.165) is 16.6 Å². The largest absolute Gasteiger partial charge is 0.494 e. The molecule has 1 heterocycles. The van der Waals surface area contributed by atoms with Crippen LogP contribution >= 0.6 is 0 Å². The summed E-state index contributed by atoms with van der Waals surface area (Å²) in [5.74, 6) is 0. The second-order valence-corrected chi connectivity index (χ2v) is 12.0. The molecule has 1 aliphatic rings. The molecule has 0 saturated carbocycles. The van der Waals surface area contributed by atoms with Gasteiger partial charge in [0.1, 0.15) is 11.2 Å². The molecule has 1 saturated heterocycles. The van der Waals surface area contributed by atoms with Crippen LogP contribution in [0.25, 0.3) is 0 Å². The fourth-order valence-corrected chi connectivity index (χ4v) is 3.44. The second kappa shape index (κ2) is 10.8. The van der Waals surface area contributed by atoms with Gasteiger partial charge < -0.3 is 29.4 Å². The number of hydrogen-bond acceptors (Lipinski definition) is 6. The molecule has 2 rings (SSSR count). The van der Waals surface area contributed by atoms with Gasteiger partial charge in [-0.2, -0.15) is 0 Å². The van der Waals surface area contributed by atoms with Gasteiger partial charge in [0, 0.05) is 13.1 Å². The fourth-order valence-electron chi connectivity index (χ4n) is 3.44. The zero-order valence-electron chi connectivity index (χ0n) is 23.1. The first kappa shape index (κ1) is 29.0. The minimum absolute atomic E-state index is 0.428. The van der Waals surface area contributed by atoms with Crippen LogP contribution in [0, 0.1) is 0 Å². The number of rotatable bonds is 7. The monoisotopic (exact) mass is 490 g/mol. The van der Waals surface area contributed by atoms with Gasteiger partial charge in [0.05, 0.1) is 11.2 Å². The van der Waals surface area contributed by atoms with Gasteiger partial charge in [-0.15, -0.1) is 0 Å². The normalized spacial score (nSPS) is 17.1. The summed E-state index contributed by atoms with van der Waals surface area (Å²) >= 11 is 0. The predicted octanol–water partition coefficient (Wildman–Crippen LogP) is 4.12. The van der Waals surface area contributed by atoms with E-state index >= 15 is 0 Å². The van der Waals surface area contributed by atoms with Gasteiger partial charge in [-0.05, 0) is 98.7 Å². The Bertz CT molecular complexity index is 834. The molecule has 0 unspecified atom stereocenters. The van der Waals surface area contributed by atoms with E-state index in [2.05, 4.69) is 16.7 Å². The van der Waals surface area contributed by atoms with Gasteiger partial charge in [0.15, 0.2) is 0 Å². The first-order chi connectivity index (χ1) is 15.9. The maximum Gasteiger partial charge on any atom is 0.494 e. The highest BCUT2D eigenvalue weighted by molar-refractivity contribution is 6.62. The summed E-state index contributed by atoms with van der Waals surface area (Å²) in [6.07, 6.45) is 0.334. The molecule has 0 bridgehead atoms. The van der Waals surface area contributed by atoms with Gasteiger partial charge in [-0.3, -0.25) is 0 Å². The zero-order valence-corrected chi connectivity index (χ0v) is 23.1. The number of amides is 2. The van der Waals surface area contributed by atoms with Crippen molar-refractivity contribution in [1.29, 1.82) is 0 Å². The van der Waals surface area contributed by atoms with Crippen molar-refractivity contribution < 1.29 is 28.4 Å². The Morgan fingerprint density at radius 3 is 1.49 bits per heavy atom. The summed E-state index contributed by atoms with van der Waals surface area (Å²) in [4.78, 5) is 24.0. The van der Waals surface area contributed by atoms with E-state index in [1.54, 1.807) is 0 Å². The Morgan fingerprint density at radius 1 is 0.771 bits per heavy atom. The predicted molar refractivity (Wildman–Crippen MR) is 138 cm³/mol. The third-order valence-electron chi connectivity index (χ3n) is 5.76. The molecule has 0 spiro atoms. The van der Waals surface area contributed by atoms with Crippen LogP contribution in [0.3, 0.4) is 0 Å². The molecule has 0 radical (unpaired) electrons. The lowest BCUT2D eigenvalue weighted by Crippen LogP contribution is -2.41. The minimum Gasteiger partial charge on any atom is -0.444 e. The van der Waals surface area contributed by atoms with Crippen LogP contribution in [0.5, 0.6) is 0 Å². The van der Waals surface area contributed by atoms with Gasteiger partial charge in [-0.1, -0.05) is 18.2 Å². The van der Waals surface area contributed by atoms with Crippen LogP contribution in [-0.2, 0) is 31.6 Å². The molecule has 1 aromatic carbocycles. The third-order valence-corrected chi connectivity index (χ3v) is 5.76. The Labute approximate surface area is 210 Å². The van der Waals surface area contributed by atoms with E-state index in [1.165, 1.54) is 0 Å². The quantitative estimate of drug-likeness (QED) is 0.559. The lowest BCUT2D eigenvalue weighted by atomic mass is 9.77. The van der Waals surface area contributed by atoms with Crippen molar-refractivity contribution in [3.05, 3.63) is 29.3 Å². The molecule has 1 aliphatic heterocycles. The molecule has 0 aromatic heterocycles. The molecular formula is C26H43BN2O6. The summed E-state index contributed by atoms with van der Waals surface area (Å²) in [5, 5.41) is 5.61. The Morgan fingerprint density at radius 2 is 1.14 bits per heavy atom. The molecule has 8 nitrogen and oxygen atoms in total.